The number of carbonyl (C=O) groups excluding carboxylic acids is 1. The molecule has 4 saturated carbocycles. The van der Waals surface area contributed by atoms with Crippen LogP contribution in [-0.2, 0) is 14.8 Å². The topological polar surface area (TPSA) is 66.5 Å². The quantitative estimate of drug-likeness (QED) is 0.729. The zero-order valence-corrected chi connectivity index (χ0v) is 18.7. The van der Waals surface area contributed by atoms with Crippen molar-refractivity contribution in [3.05, 3.63) is 29.3 Å². The van der Waals surface area contributed by atoms with Crippen LogP contribution in [0.2, 0.25) is 0 Å². The van der Waals surface area contributed by atoms with Crippen molar-refractivity contribution in [1.29, 1.82) is 0 Å². The summed E-state index contributed by atoms with van der Waals surface area (Å²) in [6.45, 7) is 4.21. The minimum atomic E-state index is -3.40. The van der Waals surface area contributed by atoms with Crippen molar-refractivity contribution in [1.82, 2.24) is 5.32 Å². The zero-order chi connectivity index (χ0) is 20.8. The van der Waals surface area contributed by atoms with Crippen molar-refractivity contribution < 1.29 is 13.2 Å². The molecular formula is C23H34N2O3S. The van der Waals surface area contributed by atoms with Crippen molar-refractivity contribution in [3.63, 3.8) is 0 Å². The van der Waals surface area contributed by atoms with Gasteiger partial charge >= 0.3 is 0 Å². The minimum Gasteiger partial charge on any atom is -0.351 e. The molecule has 0 heterocycles. The molecule has 0 saturated heterocycles. The van der Waals surface area contributed by atoms with E-state index in [4.69, 9.17) is 0 Å². The molecule has 0 spiro atoms. The number of carbonyl (C=O) groups is 1. The molecule has 0 atom stereocenters. The highest BCUT2D eigenvalue weighted by atomic mass is 32.2. The fraction of sp³-hybridized carbons (Fsp3) is 0.696. The summed E-state index contributed by atoms with van der Waals surface area (Å²) in [6.07, 6.45) is 9.63. The predicted octanol–water partition coefficient (Wildman–Crippen LogP) is 3.93. The number of hydrogen-bond acceptors (Lipinski definition) is 3. The maximum atomic E-state index is 12.7. The molecule has 5 rings (SSSR count). The molecule has 5 nitrogen and oxygen atoms in total. The summed E-state index contributed by atoms with van der Waals surface area (Å²) < 4.78 is 26.2. The Morgan fingerprint density at radius 3 is 2.24 bits per heavy atom. The summed E-state index contributed by atoms with van der Waals surface area (Å²) in [5.41, 5.74) is 2.70. The van der Waals surface area contributed by atoms with Crippen molar-refractivity contribution in [3.8, 4) is 0 Å². The van der Waals surface area contributed by atoms with Crippen LogP contribution in [0.1, 0.15) is 62.5 Å². The molecule has 160 valence electrons. The van der Waals surface area contributed by atoms with Crippen LogP contribution < -0.4 is 9.62 Å². The van der Waals surface area contributed by atoms with Crippen LogP contribution in [0, 0.1) is 31.6 Å². The Labute approximate surface area is 175 Å². The Hall–Kier alpha value is -1.56. The molecule has 1 aromatic rings. The second-order valence-corrected chi connectivity index (χ2v) is 11.9. The lowest BCUT2D eigenvalue weighted by molar-refractivity contribution is -0.126. The lowest BCUT2D eigenvalue weighted by Gasteiger charge is -2.56. The first-order valence-electron chi connectivity index (χ1n) is 11.0. The number of anilines is 1. The van der Waals surface area contributed by atoms with Crippen LogP contribution in [0.5, 0.6) is 0 Å². The second-order valence-electron chi connectivity index (χ2n) is 9.97. The Morgan fingerprint density at radius 1 is 1.10 bits per heavy atom. The van der Waals surface area contributed by atoms with E-state index in [2.05, 4.69) is 5.32 Å². The second kappa shape index (κ2) is 7.60. The summed E-state index contributed by atoms with van der Waals surface area (Å²) in [4.78, 5) is 12.7. The first-order valence-corrected chi connectivity index (χ1v) is 12.8. The van der Waals surface area contributed by atoms with Gasteiger partial charge in [-0.3, -0.25) is 9.10 Å². The lowest BCUT2D eigenvalue weighted by Crippen LogP contribution is -2.59. The highest BCUT2D eigenvalue weighted by Gasteiger charge is 2.51. The third kappa shape index (κ3) is 4.47. The maximum absolute atomic E-state index is 12.7. The van der Waals surface area contributed by atoms with E-state index < -0.39 is 10.0 Å². The van der Waals surface area contributed by atoms with Crippen molar-refractivity contribution in [2.24, 2.45) is 17.8 Å². The molecule has 1 N–H and O–H groups in total. The Bertz CT molecular complexity index is 858. The molecule has 1 amide bonds. The maximum Gasteiger partial charge on any atom is 0.232 e. The van der Waals surface area contributed by atoms with Crippen molar-refractivity contribution in [2.45, 2.75) is 70.8 Å². The predicted molar refractivity (Wildman–Crippen MR) is 116 cm³/mol. The number of amides is 1. The van der Waals surface area contributed by atoms with Crippen LogP contribution in [0.15, 0.2) is 18.2 Å². The summed E-state index contributed by atoms with van der Waals surface area (Å²) in [5, 5.41) is 3.39. The molecule has 0 radical (unpaired) electrons. The van der Waals surface area contributed by atoms with Gasteiger partial charge in [0, 0.05) is 18.5 Å². The number of rotatable bonds is 7. The molecule has 4 fully saturated rings. The SMILES string of the molecule is Cc1ccc(C)c(N(CCCC(=O)NC23CC4CC(CC(C4)C2)C3)S(C)(=O)=O)c1. The molecular weight excluding hydrogens is 384 g/mol. The average molecular weight is 419 g/mol. The Kier molecular flexibility index (Phi) is 5.43. The third-order valence-corrected chi connectivity index (χ3v) is 8.42. The van der Waals surface area contributed by atoms with Gasteiger partial charge in [-0.2, -0.15) is 0 Å². The van der Waals surface area contributed by atoms with E-state index in [0.29, 0.717) is 25.1 Å². The Morgan fingerprint density at radius 2 is 1.69 bits per heavy atom. The first-order chi connectivity index (χ1) is 13.6. The van der Waals surface area contributed by atoms with Gasteiger partial charge < -0.3 is 5.32 Å². The van der Waals surface area contributed by atoms with E-state index in [1.165, 1.54) is 29.8 Å². The van der Waals surface area contributed by atoms with Crippen LogP contribution in [-0.4, -0.2) is 32.7 Å². The van der Waals surface area contributed by atoms with E-state index >= 15 is 0 Å². The number of nitrogens with zero attached hydrogens (tertiary/aromatic N) is 1. The van der Waals surface area contributed by atoms with Gasteiger partial charge in [-0.05, 0) is 93.7 Å². The normalized spacial score (nSPS) is 30.4. The van der Waals surface area contributed by atoms with Gasteiger partial charge in [0.25, 0.3) is 0 Å². The summed E-state index contributed by atoms with van der Waals surface area (Å²) in [6, 6.07) is 5.84. The Balaban J connectivity index is 1.37. The number of benzene rings is 1. The molecule has 1 aromatic carbocycles. The number of aryl methyl sites for hydroxylation is 2. The van der Waals surface area contributed by atoms with Gasteiger partial charge in [0.05, 0.1) is 11.9 Å². The number of sulfonamides is 1. The molecule has 0 aromatic heterocycles. The molecule has 0 aliphatic heterocycles. The molecule has 29 heavy (non-hydrogen) atoms. The van der Waals surface area contributed by atoms with Crippen LogP contribution >= 0.6 is 0 Å². The van der Waals surface area contributed by atoms with Crippen LogP contribution in [0.25, 0.3) is 0 Å². The fourth-order valence-corrected chi connectivity index (χ4v) is 7.47. The van der Waals surface area contributed by atoms with Crippen molar-refractivity contribution in [2.75, 3.05) is 17.1 Å². The lowest BCUT2D eigenvalue weighted by atomic mass is 9.53. The van der Waals surface area contributed by atoms with E-state index in [1.54, 1.807) is 0 Å². The first kappa shape index (κ1) is 20.7. The summed E-state index contributed by atoms with van der Waals surface area (Å²) in [5.74, 6) is 2.48. The van der Waals surface area contributed by atoms with Gasteiger partial charge in [-0.1, -0.05) is 12.1 Å². The standard InChI is InChI=1S/C23H34N2O3S/c1-16-6-7-17(2)21(9-16)25(29(3,27)28)8-4-5-22(26)24-23-13-18-10-19(14-23)12-20(11-18)15-23/h6-7,9,18-20H,4-5,8,10-15H2,1-3H3,(H,24,26). The fourth-order valence-electron chi connectivity index (χ4n) is 6.46. The van der Waals surface area contributed by atoms with E-state index in [-0.39, 0.29) is 11.4 Å². The smallest absolute Gasteiger partial charge is 0.232 e. The zero-order valence-electron chi connectivity index (χ0n) is 17.9. The van der Waals surface area contributed by atoms with E-state index in [9.17, 15) is 13.2 Å². The molecule has 4 aliphatic carbocycles. The number of hydrogen-bond donors (Lipinski definition) is 1. The van der Waals surface area contributed by atoms with Gasteiger partial charge in [-0.25, -0.2) is 8.42 Å². The minimum absolute atomic E-state index is 0.0233. The van der Waals surface area contributed by atoms with Crippen LogP contribution in [0.3, 0.4) is 0 Å². The largest absolute Gasteiger partial charge is 0.351 e. The summed E-state index contributed by atoms with van der Waals surface area (Å²) in [7, 11) is -3.40. The van der Waals surface area contributed by atoms with Gasteiger partial charge in [-0.15, -0.1) is 0 Å². The highest BCUT2D eigenvalue weighted by molar-refractivity contribution is 7.92. The third-order valence-electron chi connectivity index (χ3n) is 7.24. The van der Waals surface area contributed by atoms with Crippen LogP contribution in [0.4, 0.5) is 5.69 Å². The average Bonchev–Trinajstić information content (AvgIpc) is 2.58. The summed E-state index contributed by atoms with van der Waals surface area (Å²) >= 11 is 0. The molecule has 4 bridgehead atoms. The molecule has 4 aliphatic rings. The monoisotopic (exact) mass is 418 g/mol. The molecule has 6 heteroatoms. The van der Waals surface area contributed by atoms with Gasteiger partial charge in [0.1, 0.15) is 0 Å². The van der Waals surface area contributed by atoms with E-state index in [0.717, 1.165) is 48.1 Å². The van der Waals surface area contributed by atoms with Crippen molar-refractivity contribution >= 4 is 21.6 Å². The van der Waals surface area contributed by atoms with Gasteiger partial charge in [0.2, 0.25) is 15.9 Å². The van der Waals surface area contributed by atoms with Gasteiger partial charge in [0.15, 0.2) is 0 Å². The number of nitrogens with one attached hydrogen (secondary N) is 1. The molecule has 0 unspecified atom stereocenters. The van der Waals surface area contributed by atoms with E-state index in [1.807, 2.05) is 32.0 Å². The highest BCUT2D eigenvalue weighted by Crippen LogP contribution is 2.55.